The molecule has 11 nitrogen and oxygen atoms in total. The Morgan fingerprint density at radius 2 is 1.83 bits per heavy atom. The Morgan fingerprint density at radius 1 is 1.11 bits per heavy atom. The van der Waals surface area contributed by atoms with Crippen LogP contribution in [0.25, 0.3) is 11.0 Å². The highest BCUT2D eigenvalue weighted by molar-refractivity contribution is 14.1. The molecule has 3 aromatic heterocycles. The molecule has 0 spiro atoms. The van der Waals surface area contributed by atoms with Gasteiger partial charge in [0.15, 0.2) is 5.82 Å². The van der Waals surface area contributed by atoms with Gasteiger partial charge in [0.2, 0.25) is 11.7 Å². The lowest BCUT2D eigenvalue weighted by Crippen LogP contribution is -2.36. The lowest BCUT2D eigenvalue weighted by molar-refractivity contribution is -0.146. The summed E-state index contributed by atoms with van der Waals surface area (Å²) >= 11 is 2.16. The monoisotopic (exact) mass is 616 g/mol. The number of halogens is 4. The number of nitrogens with zero attached hydrogens (tertiary/aromatic N) is 6. The maximum atomic E-state index is 13.5. The summed E-state index contributed by atoms with van der Waals surface area (Å²) in [5.41, 5.74) is 2.13. The molecule has 2 amide bonds. The van der Waals surface area contributed by atoms with Crippen molar-refractivity contribution in [3.05, 3.63) is 56.8 Å². The van der Waals surface area contributed by atoms with Crippen molar-refractivity contribution in [2.45, 2.75) is 33.1 Å². The van der Waals surface area contributed by atoms with Gasteiger partial charge in [0.25, 0.3) is 0 Å². The van der Waals surface area contributed by atoms with E-state index in [-0.39, 0.29) is 42.4 Å². The quantitative estimate of drug-likeness (QED) is 0.230. The maximum absolute atomic E-state index is 13.5. The van der Waals surface area contributed by atoms with E-state index in [0.29, 0.717) is 0 Å². The summed E-state index contributed by atoms with van der Waals surface area (Å²) in [5.74, 6) is -2.64. The van der Waals surface area contributed by atoms with Crippen molar-refractivity contribution in [1.82, 2.24) is 40.1 Å². The van der Waals surface area contributed by atoms with Crippen molar-refractivity contribution in [1.29, 1.82) is 0 Å². The maximum Gasteiger partial charge on any atom is 0.449 e. The summed E-state index contributed by atoms with van der Waals surface area (Å²) in [6, 6.07) is 6.13. The molecule has 0 radical (unpaired) electrons. The van der Waals surface area contributed by atoms with Crippen LogP contribution in [0.3, 0.4) is 0 Å². The third kappa shape index (κ3) is 5.50. The van der Waals surface area contributed by atoms with Gasteiger partial charge in [0, 0.05) is 18.8 Å². The third-order valence-electron chi connectivity index (χ3n) is 5.19. The molecule has 1 aromatic carbocycles. The number of carbonyl (C=O) groups is 2. The minimum atomic E-state index is -4.69. The molecule has 0 aliphatic heterocycles. The second-order valence-corrected chi connectivity index (χ2v) is 8.85. The summed E-state index contributed by atoms with van der Waals surface area (Å²) in [7, 11) is 0. The van der Waals surface area contributed by atoms with Crippen LogP contribution in [0.4, 0.5) is 13.2 Å². The first-order valence-electron chi connectivity index (χ1n) is 10.6. The molecule has 190 valence electrons. The van der Waals surface area contributed by atoms with E-state index in [4.69, 9.17) is 4.52 Å². The molecule has 0 bridgehead atoms. The van der Waals surface area contributed by atoms with Crippen LogP contribution in [0, 0.1) is 17.4 Å². The van der Waals surface area contributed by atoms with Gasteiger partial charge >= 0.3 is 18.0 Å². The zero-order chi connectivity index (χ0) is 26.0. The third-order valence-corrected chi connectivity index (χ3v) is 6.75. The van der Waals surface area contributed by atoms with E-state index < -0.39 is 30.3 Å². The number of carbonyl (C=O) groups excluding carboxylic acids is 2. The van der Waals surface area contributed by atoms with Gasteiger partial charge in [-0.25, -0.2) is 4.98 Å². The number of aryl methyl sites for hydroxylation is 1. The Morgan fingerprint density at radius 3 is 2.53 bits per heavy atom. The molecule has 0 unspecified atom stereocenters. The predicted molar refractivity (Wildman–Crippen MR) is 128 cm³/mol. The lowest BCUT2D eigenvalue weighted by Gasteiger charge is -2.09. The van der Waals surface area contributed by atoms with E-state index in [2.05, 4.69) is 53.4 Å². The Bertz CT molecular complexity index is 1430. The smallest absolute Gasteiger partial charge is 0.353 e. The summed E-state index contributed by atoms with van der Waals surface area (Å²) in [5, 5.41) is 13.1. The molecule has 0 atom stereocenters. The van der Waals surface area contributed by atoms with E-state index in [1.165, 1.54) is 12.1 Å². The summed E-state index contributed by atoms with van der Waals surface area (Å²) < 4.78 is 48.8. The fraction of sp³-hybridized carbons (Fsp3) is 0.333. The molecule has 2 N–H and O–H groups in total. The van der Waals surface area contributed by atoms with Gasteiger partial charge in [-0.05, 0) is 48.6 Å². The van der Waals surface area contributed by atoms with Gasteiger partial charge in [0.05, 0.1) is 26.8 Å². The van der Waals surface area contributed by atoms with Crippen LogP contribution in [-0.4, -0.2) is 54.4 Å². The number of hydrogen-bond acceptors (Lipinski definition) is 7. The number of imidazole rings is 1. The molecule has 36 heavy (non-hydrogen) atoms. The molecule has 4 rings (SSSR count). The number of fused-ring (bicyclic) bond motifs is 1. The molecule has 4 aromatic rings. The zero-order valence-corrected chi connectivity index (χ0v) is 21.2. The van der Waals surface area contributed by atoms with Gasteiger partial charge in [0.1, 0.15) is 6.54 Å². The second kappa shape index (κ2) is 10.2. The number of nitrogens with one attached hydrogen (secondary N) is 2. The number of rotatable bonds is 8. The van der Waals surface area contributed by atoms with Gasteiger partial charge in [-0.2, -0.15) is 23.3 Å². The summed E-state index contributed by atoms with van der Waals surface area (Å²) in [6.45, 7) is 3.58. The van der Waals surface area contributed by atoms with Gasteiger partial charge in [-0.1, -0.05) is 17.3 Å². The van der Waals surface area contributed by atoms with Gasteiger partial charge in [-0.15, -0.1) is 0 Å². The first kappa shape index (κ1) is 25.6. The van der Waals surface area contributed by atoms with Gasteiger partial charge in [-0.3, -0.25) is 14.3 Å². The molecule has 0 aliphatic carbocycles. The number of benzene rings is 1. The van der Waals surface area contributed by atoms with Crippen LogP contribution >= 0.6 is 22.6 Å². The Balaban J connectivity index is 1.32. The standard InChI is InChI=1S/C21H20F3IN8O3/c1-11-17(25)12(2)33(30-11)10-16(34)26-7-8-27-18(35)19-29-15(31-36-19)9-32-14-6-4-3-5-13(14)28-20(32)21(22,23)24/h3-6H,7-10H2,1-2H3,(H,26,34)(H,27,35). The number of hydrogen-bond donors (Lipinski definition) is 2. The number of amides is 2. The van der Waals surface area contributed by atoms with Crippen molar-refractivity contribution in [3.8, 4) is 0 Å². The van der Waals surface area contributed by atoms with Crippen molar-refractivity contribution >= 4 is 45.4 Å². The summed E-state index contributed by atoms with van der Waals surface area (Å²) in [6.07, 6.45) is -4.69. The van der Waals surface area contributed by atoms with Crippen LogP contribution in [0.2, 0.25) is 0 Å². The van der Waals surface area contributed by atoms with E-state index in [1.807, 2.05) is 13.8 Å². The Kier molecular flexibility index (Phi) is 7.28. The van der Waals surface area contributed by atoms with E-state index in [9.17, 15) is 22.8 Å². The lowest BCUT2D eigenvalue weighted by atomic mass is 10.3. The van der Waals surface area contributed by atoms with Crippen molar-refractivity contribution in [2.75, 3.05) is 13.1 Å². The largest absolute Gasteiger partial charge is 0.449 e. The van der Waals surface area contributed by atoms with Crippen molar-refractivity contribution in [2.24, 2.45) is 0 Å². The summed E-state index contributed by atoms with van der Waals surface area (Å²) in [4.78, 5) is 32.0. The Hall–Kier alpha value is -3.50. The highest BCUT2D eigenvalue weighted by atomic mass is 127. The fourth-order valence-electron chi connectivity index (χ4n) is 3.48. The fourth-order valence-corrected chi connectivity index (χ4v) is 3.86. The van der Waals surface area contributed by atoms with Crippen LogP contribution in [-0.2, 0) is 24.1 Å². The normalized spacial score (nSPS) is 11.7. The van der Waals surface area contributed by atoms with Crippen molar-refractivity contribution in [3.63, 3.8) is 0 Å². The second-order valence-electron chi connectivity index (χ2n) is 7.77. The van der Waals surface area contributed by atoms with E-state index in [0.717, 1.165) is 19.5 Å². The van der Waals surface area contributed by atoms with Gasteiger partial charge < -0.3 is 19.7 Å². The number of aromatic nitrogens is 6. The molecule has 0 aliphatic rings. The molecule has 3 heterocycles. The number of para-hydroxylation sites is 2. The topological polar surface area (TPSA) is 133 Å². The predicted octanol–water partition coefficient (Wildman–Crippen LogP) is 2.45. The van der Waals surface area contributed by atoms with Crippen LogP contribution in [0.5, 0.6) is 0 Å². The highest BCUT2D eigenvalue weighted by Gasteiger charge is 2.38. The molecule has 15 heteroatoms. The zero-order valence-electron chi connectivity index (χ0n) is 19.1. The molecule has 0 saturated heterocycles. The van der Waals surface area contributed by atoms with Crippen LogP contribution < -0.4 is 10.6 Å². The minimum Gasteiger partial charge on any atom is -0.353 e. The first-order chi connectivity index (χ1) is 17.0. The average molecular weight is 616 g/mol. The van der Waals surface area contributed by atoms with Crippen LogP contribution in [0.1, 0.15) is 33.7 Å². The van der Waals surface area contributed by atoms with E-state index in [1.54, 1.807) is 16.8 Å². The molecular formula is C21H20F3IN8O3. The molecule has 0 saturated carbocycles. The average Bonchev–Trinajstić information content (AvgIpc) is 3.51. The van der Waals surface area contributed by atoms with Crippen LogP contribution in [0.15, 0.2) is 28.8 Å². The van der Waals surface area contributed by atoms with Crippen molar-refractivity contribution < 1.29 is 27.3 Å². The van der Waals surface area contributed by atoms with E-state index >= 15 is 0 Å². The highest BCUT2D eigenvalue weighted by Crippen LogP contribution is 2.31. The first-order valence-corrected chi connectivity index (χ1v) is 11.7. The molecule has 0 fully saturated rings. The minimum absolute atomic E-state index is 0.0412. The Labute approximate surface area is 215 Å². The number of alkyl halides is 3. The molecular weight excluding hydrogens is 596 g/mol. The SMILES string of the molecule is Cc1nn(CC(=O)NCCNC(=O)c2nc(Cn3c(C(F)(F)F)nc4ccccc43)no2)c(C)c1I.